The van der Waals surface area contributed by atoms with Crippen molar-refractivity contribution in [3.8, 4) is 11.5 Å². The zero-order valence-electron chi connectivity index (χ0n) is 10.6. The van der Waals surface area contributed by atoms with Gasteiger partial charge in [-0.1, -0.05) is 13.8 Å². The number of nitrogens with zero attached hydrogens (tertiary/aromatic N) is 1. The van der Waals surface area contributed by atoms with Gasteiger partial charge in [0.05, 0.1) is 6.20 Å². The first-order valence-electron chi connectivity index (χ1n) is 6.06. The zero-order valence-corrected chi connectivity index (χ0v) is 12.2. The fourth-order valence-corrected chi connectivity index (χ4v) is 1.88. The maximum absolute atomic E-state index is 5.62. The number of hydrogen-bond donors (Lipinski definition) is 1. The van der Waals surface area contributed by atoms with Gasteiger partial charge in [-0.15, -0.1) is 0 Å². The minimum absolute atomic E-state index is 0.658. The highest BCUT2D eigenvalue weighted by Crippen LogP contribution is 2.25. The number of aromatic nitrogens is 1. The Morgan fingerprint density at radius 3 is 2.78 bits per heavy atom. The summed E-state index contributed by atoms with van der Waals surface area (Å²) >= 11 is 3.26. The number of furan rings is 1. The minimum atomic E-state index is 0.658. The van der Waals surface area contributed by atoms with Crippen LogP contribution in [0.3, 0.4) is 0 Å². The first-order chi connectivity index (χ1) is 8.65. The molecule has 0 spiro atoms. The summed E-state index contributed by atoms with van der Waals surface area (Å²) in [7, 11) is 0. The van der Waals surface area contributed by atoms with Gasteiger partial charge in [0.1, 0.15) is 0 Å². The van der Waals surface area contributed by atoms with Gasteiger partial charge in [0.25, 0.3) is 0 Å². The summed E-state index contributed by atoms with van der Waals surface area (Å²) in [5.41, 5.74) is 0. The summed E-state index contributed by atoms with van der Waals surface area (Å²) in [6, 6.07) is 3.69. The summed E-state index contributed by atoms with van der Waals surface area (Å²) in [4.78, 5) is 4.24. The number of nitrogens with one attached hydrogen (secondary N) is 1. The first kappa shape index (κ1) is 13.4. The van der Waals surface area contributed by atoms with E-state index in [4.69, 9.17) is 8.83 Å². The summed E-state index contributed by atoms with van der Waals surface area (Å²) in [6.07, 6.45) is 2.48. The topological polar surface area (TPSA) is 51.2 Å². The van der Waals surface area contributed by atoms with Crippen LogP contribution in [-0.4, -0.2) is 18.1 Å². The lowest BCUT2D eigenvalue weighted by molar-refractivity contribution is 0.464. The van der Waals surface area contributed by atoms with E-state index >= 15 is 0 Å². The number of hydrogen-bond acceptors (Lipinski definition) is 4. The van der Waals surface area contributed by atoms with Crippen molar-refractivity contribution in [1.29, 1.82) is 0 Å². The van der Waals surface area contributed by atoms with Crippen LogP contribution in [0.15, 0.2) is 31.8 Å². The molecule has 0 radical (unpaired) electrons. The highest BCUT2D eigenvalue weighted by molar-refractivity contribution is 9.10. The van der Waals surface area contributed by atoms with E-state index in [1.807, 2.05) is 12.1 Å². The normalized spacial score (nSPS) is 11.3. The third kappa shape index (κ3) is 3.71. The minimum Gasteiger partial charge on any atom is -0.446 e. The maximum atomic E-state index is 5.62. The fourth-order valence-electron chi connectivity index (χ4n) is 1.57. The summed E-state index contributed by atoms with van der Waals surface area (Å²) < 4.78 is 11.7. The first-order valence-corrected chi connectivity index (χ1v) is 6.85. The van der Waals surface area contributed by atoms with Gasteiger partial charge >= 0.3 is 0 Å². The van der Waals surface area contributed by atoms with Crippen LogP contribution < -0.4 is 5.32 Å². The Morgan fingerprint density at radius 1 is 1.28 bits per heavy atom. The molecule has 0 bridgehead atoms. The Balaban J connectivity index is 1.86. The van der Waals surface area contributed by atoms with Gasteiger partial charge < -0.3 is 14.2 Å². The molecule has 2 aromatic rings. The van der Waals surface area contributed by atoms with E-state index in [1.54, 1.807) is 6.20 Å². The Labute approximate surface area is 115 Å². The fraction of sp³-hybridized carbons (Fsp3) is 0.462. The van der Waals surface area contributed by atoms with Crippen LogP contribution in [0.4, 0.5) is 0 Å². The lowest BCUT2D eigenvalue weighted by Gasteiger charge is -2.05. The molecule has 0 fully saturated rings. The Hall–Kier alpha value is -1.07. The predicted molar refractivity (Wildman–Crippen MR) is 73.3 cm³/mol. The summed E-state index contributed by atoms with van der Waals surface area (Å²) in [6.45, 7) is 6.26. The van der Waals surface area contributed by atoms with Crippen molar-refractivity contribution < 1.29 is 8.83 Å². The predicted octanol–water partition coefficient (Wildman–Crippen LogP) is 3.49. The van der Waals surface area contributed by atoms with E-state index in [2.05, 4.69) is 40.1 Å². The SMILES string of the molecule is CC(C)CNCCc1ncc(-c2ccc(Br)o2)o1. The van der Waals surface area contributed by atoms with E-state index in [9.17, 15) is 0 Å². The van der Waals surface area contributed by atoms with Crippen molar-refractivity contribution in [3.63, 3.8) is 0 Å². The van der Waals surface area contributed by atoms with Crippen LogP contribution in [0.2, 0.25) is 0 Å². The third-order valence-electron chi connectivity index (χ3n) is 2.44. The van der Waals surface area contributed by atoms with Crippen molar-refractivity contribution in [2.45, 2.75) is 20.3 Å². The molecule has 0 aliphatic heterocycles. The number of rotatable bonds is 6. The monoisotopic (exact) mass is 312 g/mol. The van der Waals surface area contributed by atoms with Crippen molar-refractivity contribution in [2.24, 2.45) is 5.92 Å². The Bertz CT molecular complexity index is 491. The van der Waals surface area contributed by atoms with Crippen molar-refractivity contribution >= 4 is 15.9 Å². The van der Waals surface area contributed by atoms with Crippen LogP contribution >= 0.6 is 15.9 Å². The maximum Gasteiger partial charge on any atom is 0.196 e. The molecular weight excluding hydrogens is 296 g/mol. The molecule has 98 valence electrons. The molecule has 0 atom stereocenters. The average Bonchev–Trinajstić information content (AvgIpc) is 2.93. The zero-order chi connectivity index (χ0) is 13.0. The molecule has 0 aliphatic carbocycles. The van der Waals surface area contributed by atoms with E-state index < -0.39 is 0 Å². The van der Waals surface area contributed by atoms with Gasteiger partial charge in [0.15, 0.2) is 22.1 Å². The summed E-state index contributed by atoms with van der Waals surface area (Å²) in [5.74, 6) is 2.75. The molecule has 0 aliphatic rings. The van der Waals surface area contributed by atoms with Crippen LogP contribution in [0.5, 0.6) is 0 Å². The molecule has 0 saturated heterocycles. The molecule has 5 heteroatoms. The van der Waals surface area contributed by atoms with Gasteiger partial charge in [-0.3, -0.25) is 0 Å². The molecular formula is C13H17BrN2O2. The van der Waals surface area contributed by atoms with Gasteiger partial charge in [-0.25, -0.2) is 4.98 Å². The third-order valence-corrected chi connectivity index (χ3v) is 2.86. The largest absolute Gasteiger partial charge is 0.446 e. The van der Waals surface area contributed by atoms with Crippen LogP contribution in [-0.2, 0) is 6.42 Å². The van der Waals surface area contributed by atoms with Crippen LogP contribution in [0.1, 0.15) is 19.7 Å². The molecule has 18 heavy (non-hydrogen) atoms. The van der Waals surface area contributed by atoms with E-state index in [0.29, 0.717) is 22.1 Å². The second-order valence-corrected chi connectivity index (χ2v) is 5.35. The summed E-state index contributed by atoms with van der Waals surface area (Å²) in [5, 5.41) is 3.36. The van der Waals surface area contributed by atoms with Crippen molar-refractivity contribution in [1.82, 2.24) is 10.3 Å². The van der Waals surface area contributed by atoms with E-state index in [1.165, 1.54) is 0 Å². The Morgan fingerprint density at radius 2 is 2.11 bits per heavy atom. The number of halogens is 1. The molecule has 0 amide bonds. The smallest absolute Gasteiger partial charge is 0.196 e. The molecule has 0 unspecified atom stereocenters. The second kappa shape index (κ2) is 6.20. The quantitative estimate of drug-likeness (QED) is 0.830. The van der Waals surface area contributed by atoms with Gasteiger partial charge in [-0.05, 0) is 40.5 Å². The van der Waals surface area contributed by atoms with Gasteiger partial charge in [-0.2, -0.15) is 0 Å². The molecule has 4 nitrogen and oxygen atoms in total. The molecule has 2 heterocycles. The van der Waals surface area contributed by atoms with Crippen molar-refractivity contribution in [2.75, 3.05) is 13.1 Å². The van der Waals surface area contributed by atoms with Crippen LogP contribution in [0.25, 0.3) is 11.5 Å². The van der Waals surface area contributed by atoms with E-state index in [-0.39, 0.29) is 0 Å². The lowest BCUT2D eigenvalue weighted by Crippen LogP contribution is -2.22. The standard InChI is InChI=1S/C13H17BrN2O2/c1-9(2)7-15-6-5-13-16-8-11(18-13)10-3-4-12(14)17-10/h3-4,8-9,15H,5-7H2,1-2H3. The lowest BCUT2D eigenvalue weighted by atomic mass is 10.2. The highest BCUT2D eigenvalue weighted by Gasteiger charge is 2.09. The molecule has 2 rings (SSSR count). The van der Waals surface area contributed by atoms with Crippen molar-refractivity contribution in [3.05, 3.63) is 28.9 Å². The van der Waals surface area contributed by atoms with Gasteiger partial charge in [0, 0.05) is 13.0 Å². The number of oxazole rings is 1. The second-order valence-electron chi connectivity index (χ2n) is 4.57. The molecule has 1 N–H and O–H groups in total. The average molecular weight is 313 g/mol. The molecule has 2 aromatic heterocycles. The van der Waals surface area contributed by atoms with Gasteiger partial charge in [0.2, 0.25) is 0 Å². The molecule has 0 aromatic carbocycles. The Kier molecular flexibility index (Phi) is 4.60. The van der Waals surface area contributed by atoms with Crippen LogP contribution in [0, 0.1) is 5.92 Å². The van der Waals surface area contributed by atoms with E-state index in [0.717, 1.165) is 25.4 Å². The molecule has 0 saturated carbocycles. The highest BCUT2D eigenvalue weighted by atomic mass is 79.9.